The molecule has 0 radical (unpaired) electrons. The Bertz CT molecular complexity index is 505. The number of hydrogen-bond acceptors (Lipinski definition) is 3. The van der Waals surface area contributed by atoms with E-state index in [0.717, 1.165) is 12.8 Å². The molecule has 1 rings (SSSR count). The highest BCUT2D eigenvalue weighted by Crippen LogP contribution is 2.43. The Morgan fingerprint density at radius 1 is 0.966 bits per heavy atom. The number of nitrogens with one attached hydrogen (secondary N) is 1. The number of carbonyl (C=O) groups excluding carboxylic acids is 1. The molecule has 172 valence electrons. The second-order valence-corrected chi connectivity index (χ2v) is 10.3. The lowest BCUT2D eigenvalue weighted by Crippen LogP contribution is -2.44. The number of carbonyl (C=O) groups is 2. The summed E-state index contributed by atoms with van der Waals surface area (Å²) in [5.74, 6) is 1.07. The van der Waals surface area contributed by atoms with Crippen LogP contribution >= 0.6 is 0 Å². The van der Waals surface area contributed by atoms with Gasteiger partial charge in [-0.05, 0) is 55.3 Å². The van der Waals surface area contributed by atoms with Gasteiger partial charge in [0, 0.05) is 7.05 Å². The van der Waals surface area contributed by atoms with Crippen molar-refractivity contribution >= 4 is 11.9 Å². The molecule has 0 aromatic rings. The molecular weight excluding hydrogens is 366 g/mol. The second kappa shape index (κ2) is 11.9. The van der Waals surface area contributed by atoms with E-state index in [-0.39, 0.29) is 17.2 Å². The SMILES string of the molecule is CC1CCC(C(C)C)C(C(C(=O)O)C(C)O)C1.CNC(=O)C(C)(C(C)C)C(C)C. The summed E-state index contributed by atoms with van der Waals surface area (Å²) in [7, 11) is 1.70. The number of aliphatic hydroxyl groups excluding tert-OH is 1. The summed E-state index contributed by atoms with van der Waals surface area (Å²) in [5.41, 5.74) is -0.241. The third kappa shape index (κ3) is 7.27. The Morgan fingerprint density at radius 3 is 1.72 bits per heavy atom. The third-order valence-electron chi connectivity index (χ3n) is 7.45. The van der Waals surface area contributed by atoms with Crippen molar-refractivity contribution in [3.8, 4) is 0 Å². The molecule has 5 unspecified atom stereocenters. The first kappa shape index (κ1) is 27.9. The molecular formula is C24H47NO4. The fourth-order valence-corrected chi connectivity index (χ4v) is 4.90. The van der Waals surface area contributed by atoms with Gasteiger partial charge in [0.2, 0.25) is 5.91 Å². The number of rotatable bonds is 7. The molecule has 0 saturated heterocycles. The molecule has 0 aromatic heterocycles. The zero-order valence-corrected chi connectivity index (χ0v) is 20.5. The van der Waals surface area contributed by atoms with Gasteiger partial charge in [0.05, 0.1) is 17.4 Å². The Morgan fingerprint density at radius 2 is 1.45 bits per heavy atom. The number of aliphatic carboxylic acids is 1. The quantitative estimate of drug-likeness (QED) is 0.558. The van der Waals surface area contributed by atoms with E-state index in [0.29, 0.717) is 29.6 Å². The predicted octanol–water partition coefficient (Wildman–Crippen LogP) is 4.83. The first-order valence-electron chi connectivity index (χ1n) is 11.3. The molecule has 1 amide bonds. The summed E-state index contributed by atoms with van der Waals surface area (Å²) < 4.78 is 0. The summed E-state index contributed by atoms with van der Waals surface area (Å²) in [6, 6.07) is 0. The van der Waals surface area contributed by atoms with E-state index in [2.05, 4.69) is 53.8 Å². The Labute approximate surface area is 179 Å². The molecule has 0 heterocycles. The molecule has 1 saturated carbocycles. The number of carboxylic acid groups (broad SMARTS) is 1. The van der Waals surface area contributed by atoms with Crippen molar-refractivity contribution in [2.24, 2.45) is 46.8 Å². The Balaban J connectivity index is 0.000000578. The van der Waals surface area contributed by atoms with E-state index < -0.39 is 18.0 Å². The van der Waals surface area contributed by atoms with Crippen LogP contribution < -0.4 is 5.32 Å². The summed E-state index contributed by atoms with van der Waals surface area (Å²) in [5, 5.41) is 21.8. The summed E-state index contributed by atoms with van der Waals surface area (Å²) in [4.78, 5) is 23.0. The molecule has 1 fully saturated rings. The van der Waals surface area contributed by atoms with Crippen molar-refractivity contribution in [1.82, 2.24) is 5.32 Å². The van der Waals surface area contributed by atoms with Crippen LogP contribution in [0.4, 0.5) is 0 Å². The molecule has 29 heavy (non-hydrogen) atoms. The zero-order valence-electron chi connectivity index (χ0n) is 20.5. The highest BCUT2D eigenvalue weighted by atomic mass is 16.4. The van der Waals surface area contributed by atoms with Crippen molar-refractivity contribution in [3.63, 3.8) is 0 Å². The van der Waals surface area contributed by atoms with Crippen molar-refractivity contribution < 1.29 is 19.8 Å². The lowest BCUT2D eigenvalue weighted by Gasteiger charge is -2.41. The van der Waals surface area contributed by atoms with Gasteiger partial charge in [0.1, 0.15) is 0 Å². The van der Waals surface area contributed by atoms with Gasteiger partial charge in [0.25, 0.3) is 0 Å². The van der Waals surface area contributed by atoms with Crippen molar-refractivity contribution in [1.29, 1.82) is 0 Å². The van der Waals surface area contributed by atoms with E-state index in [1.54, 1.807) is 14.0 Å². The van der Waals surface area contributed by atoms with Crippen LogP contribution in [0.1, 0.15) is 81.6 Å². The predicted molar refractivity (Wildman–Crippen MR) is 119 cm³/mol. The van der Waals surface area contributed by atoms with Gasteiger partial charge in [-0.1, -0.05) is 61.8 Å². The lowest BCUT2D eigenvalue weighted by atomic mass is 9.64. The van der Waals surface area contributed by atoms with Gasteiger partial charge in [-0.25, -0.2) is 0 Å². The molecule has 5 nitrogen and oxygen atoms in total. The number of aliphatic hydroxyl groups is 1. The van der Waals surface area contributed by atoms with Crippen LogP contribution in [0.3, 0.4) is 0 Å². The maximum Gasteiger partial charge on any atom is 0.309 e. The number of carboxylic acids is 1. The minimum Gasteiger partial charge on any atom is -0.481 e. The van der Waals surface area contributed by atoms with Crippen LogP contribution in [0, 0.1) is 46.8 Å². The smallest absolute Gasteiger partial charge is 0.309 e. The maximum absolute atomic E-state index is 11.6. The van der Waals surface area contributed by atoms with Gasteiger partial charge in [0.15, 0.2) is 0 Å². The highest BCUT2D eigenvalue weighted by Gasteiger charge is 2.41. The molecule has 5 atom stereocenters. The van der Waals surface area contributed by atoms with Gasteiger partial charge in [-0.2, -0.15) is 0 Å². The molecule has 3 N–H and O–H groups in total. The van der Waals surface area contributed by atoms with Gasteiger partial charge >= 0.3 is 5.97 Å². The standard InChI is InChI=1S/C14H26O3.C10H21NO/c1-8(2)11-6-5-9(3)7-12(11)13(10(4)15)14(16)17;1-7(2)10(5,8(3)4)9(12)11-6/h8-13,15H,5-7H2,1-4H3,(H,16,17);7-8H,1-6H3,(H,11,12). The largest absolute Gasteiger partial charge is 0.481 e. The Kier molecular flexibility index (Phi) is 11.5. The molecule has 1 aliphatic rings. The van der Waals surface area contributed by atoms with E-state index in [4.69, 9.17) is 0 Å². The summed E-state index contributed by atoms with van der Waals surface area (Å²) in [6.07, 6.45) is 2.46. The van der Waals surface area contributed by atoms with E-state index in [9.17, 15) is 19.8 Å². The van der Waals surface area contributed by atoms with Gasteiger partial charge in [-0.3, -0.25) is 9.59 Å². The normalized spacial score (nSPS) is 24.7. The van der Waals surface area contributed by atoms with E-state index in [1.807, 2.05) is 6.92 Å². The molecule has 5 heteroatoms. The first-order chi connectivity index (χ1) is 13.2. The first-order valence-corrected chi connectivity index (χ1v) is 11.3. The lowest BCUT2D eigenvalue weighted by molar-refractivity contribution is -0.151. The molecule has 0 bridgehead atoms. The average molecular weight is 414 g/mol. The fraction of sp³-hybridized carbons (Fsp3) is 0.917. The molecule has 0 spiro atoms. The van der Waals surface area contributed by atoms with Crippen LogP contribution in [0.15, 0.2) is 0 Å². The summed E-state index contributed by atoms with van der Waals surface area (Å²) >= 11 is 0. The average Bonchev–Trinajstić information content (AvgIpc) is 2.59. The monoisotopic (exact) mass is 413 g/mol. The second-order valence-electron chi connectivity index (χ2n) is 10.3. The number of amides is 1. The zero-order chi connectivity index (χ0) is 23.1. The maximum atomic E-state index is 11.6. The molecule has 0 aromatic carbocycles. The van der Waals surface area contributed by atoms with Crippen LogP contribution in [0.25, 0.3) is 0 Å². The van der Waals surface area contributed by atoms with Crippen molar-refractivity contribution in [3.05, 3.63) is 0 Å². The minimum atomic E-state index is -0.843. The topological polar surface area (TPSA) is 86.6 Å². The van der Waals surface area contributed by atoms with Crippen molar-refractivity contribution in [2.45, 2.75) is 87.7 Å². The van der Waals surface area contributed by atoms with Gasteiger partial charge in [-0.15, -0.1) is 0 Å². The number of hydrogen-bond donors (Lipinski definition) is 3. The van der Waals surface area contributed by atoms with Crippen LogP contribution in [-0.4, -0.2) is 35.2 Å². The minimum absolute atomic E-state index is 0.122. The Hall–Kier alpha value is -1.10. The van der Waals surface area contributed by atoms with Gasteiger partial charge < -0.3 is 15.5 Å². The third-order valence-corrected chi connectivity index (χ3v) is 7.45. The van der Waals surface area contributed by atoms with Crippen LogP contribution in [-0.2, 0) is 9.59 Å². The molecule has 0 aliphatic heterocycles. The van der Waals surface area contributed by atoms with E-state index >= 15 is 0 Å². The molecule has 1 aliphatic carbocycles. The summed E-state index contributed by atoms with van der Waals surface area (Å²) in [6.45, 7) is 18.5. The van der Waals surface area contributed by atoms with Crippen molar-refractivity contribution in [2.75, 3.05) is 7.05 Å². The van der Waals surface area contributed by atoms with Crippen LogP contribution in [0.2, 0.25) is 0 Å². The highest BCUT2D eigenvalue weighted by molar-refractivity contribution is 5.82. The van der Waals surface area contributed by atoms with E-state index in [1.165, 1.54) is 6.42 Å². The van der Waals surface area contributed by atoms with Crippen LogP contribution in [0.5, 0.6) is 0 Å². The fourth-order valence-electron chi connectivity index (χ4n) is 4.90.